The number of aromatic nitrogens is 1. The number of rotatable bonds is 5. The van der Waals surface area contributed by atoms with Crippen molar-refractivity contribution in [1.29, 1.82) is 0 Å². The van der Waals surface area contributed by atoms with Crippen molar-refractivity contribution in [1.82, 2.24) is 4.98 Å². The molecule has 0 spiro atoms. The van der Waals surface area contributed by atoms with Gasteiger partial charge in [0.1, 0.15) is 0 Å². The molecule has 0 radical (unpaired) electrons. The largest absolute Gasteiger partial charge is 0.454 e. The summed E-state index contributed by atoms with van der Waals surface area (Å²) < 4.78 is 5.17. The van der Waals surface area contributed by atoms with E-state index in [0.29, 0.717) is 16.8 Å². The average molecular weight is 364 g/mol. The van der Waals surface area contributed by atoms with Crippen molar-refractivity contribution >= 4 is 34.3 Å². The van der Waals surface area contributed by atoms with Crippen LogP contribution in [0.25, 0.3) is 10.9 Å². The molecule has 138 valence electrons. The second-order valence-corrected chi connectivity index (χ2v) is 6.39. The number of Topliss-reactive ketones (excluding diaryl/α,β-unsaturated/α-hetero) is 1. The molecular formula is C21H20N2O4. The molecule has 0 saturated heterocycles. The number of anilines is 1. The zero-order chi connectivity index (χ0) is 19.6. The number of hydrogen-bond acceptors (Lipinski definition) is 4. The van der Waals surface area contributed by atoms with Crippen LogP contribution in [-0.2, 0) is 9.53 Å². The summed E-state index contributed by atoms with van der Waals surface area (Å²) >= 11 is 0. The van der Waals surface area contributed by atoms with Gasteiger partial charge in [-0.2, -0.15) is 0 Å². The third kappa shape index (κ3) is 4.06. The molecule has 1 heterocycles. The van der Waals surface area contributed by atoms with Gasteiger partial charge >= 0.3 is 5.97 Å². The third-order valence-electron chi connectivity index (χ3n) is 4.41. The van der Waals surface area contributed by atoms with Gasteiger partial charge in [-0.25, -0.2) is 4.79 Å². The molecule has 3 aromatic rings. The first kappa shape index (κ1) is 18.4. The molecule has 2 N–H and O–H groups in total. The summed E-state index contributed by atoms with van der Waals surface area (Å²) in [5.41, 5.74) is 4.49. The van der Waals surface area contributed by atoms with Crippen LogP contribution in [0.5, 0.6) is 0 Å². The Morgan fingerprint density at radius 1 is 1.00 bits per heavy atom. The third-order valence-corrected chi connectivity index (χ3v) is 4.41. The maximum atomic E-state index is 12.3. The minimum absolute atomic E-state index is 0.187. The number of aromatic amines is 1. The van der Waals surface area contributed by atoms with Gasteiger partial charge in [0, 0.05) is 34.8 Å². The highest BCUT2D eigenvalue weighted by Crippen LogP contribution is 2.22. The van der Waals surface area contributed by atoms with Crippen LogP contribution >= 0.6 is 0 Å². The topological polar surface area (TPSA) is 88.3 Å². The zero-order valence-electron chi connectivity index (χ0n) is 15.4. The number of carbonyl (C=O) groups excluding carboxylic acids is 3. The van der Waals surface area contributed by atoms with E-state index in [1.165, 1.54) is 6.92 Å². The fraction of sp³-hybridized carbons (Fsp3) is 0.190. The predicted octanol–water partition coefficient (Wildman–Crippen LogP) is 3.78. The van der Waals surface area contributed by atoms with Crippen LogP contribution in [0.1, 0.15) is 38.9 Å². The number of aryl methyl sites for hydroxylation is 2. The van der Waals surface area contributed by atoms with Crippen molar-refractivity contribution < 1.29 is 19.1 Å². The van der Waals surface area contributed by atoms with Gasteiger partial charge in [-0.15, -0.1) is 0 Å². The molecule has 6 heteroatoms. The van der Waals surface area contributed by atoms with Gasteiger partial charge in [0.2, 0.25) is 5.91 Å². The average Bonchev–Trinajstić information content (AvgIpc) is 2.93. The molecule has 6 nitrogen and oxygen atoms in total. The first-order chi connectivity index (χ1) is 12.8. The Kier molecular flexibility index (Phi) is 5.07. The standard InChI is InChI=1S/C21H20N2O4/c1-12-13(2)22-19-9-6-16(10-18(12)19)21(26)27-11-20(25)15-4-7-17(8-5-15)23-14(3)24/h4-10,22H,11H2,1-3H3,(H,23,24). The molecule has 0 atom stereocenters. The lowest BCUT2D eigenvalue weighted by atomic mass is 10.1. The van der Waals surface area contributed by atoms with Crippen LogP contribution in [0.3, 0.4) is 0 Å². The van der Waals surface area contributed by atoms with Crippen molar-refractivity contribution in [2.45, 2.75) is 20.8 Å². The van der Waals surface area contributed by atoms with Gasteiger partial charge in [-0.05, 0) is 61.9 Å². The second-order valence-electron chi connectivity index (χ2n) is 6.39. The lowest BCUT2D eigenvalue weighted by molar-refractivity contribution is -0.114. The fourth-order valence-electron chi connectivity index (χ4n) is 2.83. The molecule has 1 aromatic heterocycles. The molecule has 0 unspecified atom stereocenters. The number of ether oxygens (including phenoxy) is 1. The summed E-state index contributed by atoms with van der Waals surface area (Å²) in [6, 6.07) is 11.7. The Labute approximate surface area is 156 Å². The number of ketones is 1. The molecular weight excluding hydrogens is 344 g/mol. The van der Waals surface area contributed by atoms with Crippen molar-refractivity contribution in [3.63, 3.8) is 0 Å². The predicted molar refractivity (Wildman–Crippen MR) is 103 cm³/mol. The monoisotopic (exact) mass is 364 g/mol. The first-order valence-corrected chi connectivity index (χ1v) is 8.52. The Morgan fingerprint density at radius 3 is 2.33 bits per heavy atom. The Bertz CT molecular complexity index is 1030. The second kappa shape index (κ2) is 7.45. The highest BCUT2D eigenvalue weighted by molar-refractivity contribution is 6.01. The quantitative estimate of drug-likeness (QED) is 0.533. The molecule has 0 bridgehead atoms. The van der Waals surface area contributed by atoms with Gasteiger partial charge in [0.15, 0.2) is 12.4 Å². The molecule has 0 aliphatic carbocycles. The molecule has 0 aliphatic rings. The van der Waals surface area contributed by atoms with E-state index in [4.69, 9.17) is 4.74 Å². The van der Waals surface area contributed by atoms with E-state index in [9.17, 15) is 14.4 Å². The molecule has 0 fully saturated rings. The van der Waals surface area contributed by atoms with E-state index in [2.05, 4.69) is 10.3 Å². The van der Waals surface area contributed by atoms with Crippen LogP contribution in [0.15, 0.2) is 42.5 Å². The highest BCUT2D eigenvalue weighted by atomic mass is 16.5. The fourth-order valence-corrected chi connectivity index (χ4v) is 2.83. The van der Waals surface area contributed by atoms with Gasteiger partial charge in [0.25, 0.3) is 0 Å². The Balaban J connectivity index is 1.65. The Hall–Kier alpha value is -3.41. The van der Waals surface area contributed by atoms with Crippen molar-refractivity contribution in [3.05, 3.63) is 64.8 Å². The number of nitrogens with one attached hydrogen (secondary N) is 2. The van der Waals surface area contributed by atoms with Crippen LogP contribution < -0.4 is 5.32 Å². The summed E-state index contributed by atoms with van der Waals surface area (Å²) in [6.45, 7) is 5.02. The van der Waals surface area contributed by atoms with E-state index >= 15 is 0 Å². The summed E-state index contributed by atoms with van der Waals surface area (Å²) in [5, 5.41) is 3.59. The van der Waals surface area contributed by atoms with E-state index < -0.39 is 5.97 Å². The molecule has 3 rings (SSSR count). The van der Waals surface area contributed by atoms with Crippen molar-refractivity contribution in [2.75, 3.05) is 11.9 Å². The van der Waals surface area contributed by atoms with Crippen LogP contribution in [-0.4, -0.2) is 29.3 Å². The minimum atomic E-state index is -0.543. The number of benzene rings is 2. The van der Waals surface area contributed by atoms with Gasteiger partial charge in [0.05, 0.1) is 5.56 Å². The molecule has 2 aromatic carbocycles. The number of carbonyl (C=O) groups is 3. The summed E-state index contributed by atoms with van der Waals surface area (Å²) in [6.07, 6.45) is 0. The van der Waals surface area contributed by atoms with E-state index in [1.54, 1.807) is 36.4 Å². The van der Waals surface area contributed by atoms with E-state index in [1.807, 2.05) is 19.9 Å². The number of amides is 1. The number of hydrogen-bond donors (Lipinski definition) is 2. The van der Waals surface area contributed by atoms with Gasteiger partial charge in [-0.1, -0.05) is 0 Å². The van der Waals surface area contributed by atoms with Crippen molar-refractivity contribution in [2.24, 2.45) is 0 Å². The SMILES string of the molecule is CC(=O)Nc1ccc(C(=O)COC(=O)c2ccc3[nH]c(C)c(C)c3c2)cc1. The summed E-state index contributed by atoms with van der Waals surface area (Å²) in [5.74, 6) is -1.04. The van der Waals surface area contributed by atoms with Crippen LogP contribution in [0.2, 0.25) is 0 Å². The smallest absolute Gasteiger partial charge is 0.338 e. The van der Waals surface area contributed by atoms with E-state index in [0.717, 1.165) is 22.2 Å². The van der Waals surface area contributed by atoms with Gasteiger partial charge < -0.3 is 15.0 Å². The highest BCUT2D eigenvalue weighted by Gasteiger charge is 2.14. The molecule has 0 aliphatic heterocycles. The van der Waals surface area contributed by atoms with E-state index in [-0.39, 0.29) is 18.3 Å². The lowest BCUT2D eigenvalue weighted by Gasteiger charge is -2.06. The van der Waals surface area contributed by atoms with Crippen LogP contribution in [0.4, 0.5) is 5.69 Å². The maximum absolute atomic E-state index is 12.3. The number of fused-ring (bicyclic) bond motifs is 1. The maximum Gasteiger partial charge on any atom is 0.338 e. The summed E-state index contributed by atoms with van der Waals surface area (Å²) in [7, 11) is 0. The zero-order valence-corrected chi connectivity index (χ0v) is 15.4. The first-order valence-electron chi connectivity index (χ1n) is 8.52. The lowest BCUT2D eigenvalue weighted by Crippen LogP contribution is -2.14. The normalized spacial score (nSPS) is 10.6. The van der Waals surface area contributed by atoms with Crippen molar-refractivity contribution in [3.8, 4) is 0 Å². The number of esters is 1. The van der Waals surface area contributed by atoms with Crippen LogP contribution in [0, 0.1) is 13.8 Å². The molecule has 1 amide bonds. The Morgan fingerprint density at radius 2 is 1.67 bits per heavy atom. The molecule has 0 saturated carbocycles. The van der Waals surface area contributed by atoms with Gasteiger partial charge in [-0.3, -0.25) is 9.59 Å². The molecule has 27 heavy (non-hydrogen) atoms. The minimum Gasteiger partial charge on any atom is -0.454 e. The number of H-pyrrole nitrogens is 1. The summed E-state index contributed by atoms with van der Waals surface area (Å²) in [4.78, 5) is 38.8.